The molecule has 0 aromatic heterocycles. The van der Waals surface area contributed by atoms with Crippen molar-refractivity contribution in [1.29, 1.82) is 0 Å². The summed E-state index contributed by atoms with van der Waals surface area (Å²) >= 11 is 0. The molecule has 0 spiro atoms. The SMILES string of the molecule is CN(CCCCNC(=O)Cc1ccccc1[N+](=O)[O-])c1ccccc1. The highest BCUT2D eigenvalue weighted by Gasteiger charge is 2.15. The molecule has 25 heavy (non-hydrogen) atoms. The molecule has 0 aliphatic carbocycles. The van der Waals surface area contributed by atoms with Crippen LogP contribution in [0.1, 0.15) is 18.4 Å². The fourth-order valence-electron chi connectivity index (χ4n) is 2.59. The maximum Gasteiger partial charge on any atom is 0.273 e. The highest BCUT2D eigenvalue weighted by molar-refractivity contribution is 5.79. The minimum absolute atomic E-state index is 0.0119. The maximum atomic E-state index is 12.0. The number of hydrogen-bond donors (Lipinski definition) is 1. The fourth-order valence-corrected chi connectivity index (χ4v) is 2.59. The van der Waals surface area contributed by atoms with Crippen LogP contribution in [-0.2, 0) is 11.2 Å². The summed E-state index contributed by atoms with van der Waals surface area (Å²) in [7, 11) is 2.04. The van der Waals surface area contributed by atoms with Gasteiger partial charge < -0.3 is 10.2 Å². The monoisotopic (exact) mass is 341 g/mol. The maximum absolute atomic E-state index is 12.0. The van der Waals surface area contributed by atoms with E-state index in [0.717, 1.165) is 19.4 Å². The van der Waals surface area contributed by atoms with Crippen molar-refractivity contribution < 1.29 is 9.72 Å². The van der Waals surface area contributed by atoms with Crippen LogP contribution in [0, 0.1) is 10.1 Å². The van der Waals surface area contributed by atoms with E-state index in [9.17, 15) is 14.9 Å². The van der Waals surface area contributed by atoms with Gasteiger partial charge in [0.05, 0.1) is 11.3 Å². The Morgan fingerprint density at radius 2 is 1.76 bits per heavy atom. The highest BCUT2D eigenvalue weighted by atomic mass is 16.6. The number of nitrogens with one attached hydrogen (secondary N) is 1. The third-order valence-corrected chi connectivity index (χ3v) is 3.98. The zero-order valence-corrected chi connectivity index (χ0v) is 14.4. The van der Waals surface area contributed by atoms with Crippen molar-refractivity contribution in [2.75, 3.05) is 25.0 Å². The van der Waals surface area contributed by atoms with E-state index in [4.69, 9.17) is 0 Å². The third-order valence-electron chi connectivity index (χ3n) is 3.98. The second-order valence-electron chi connectivity index (χ2n) is 5.88. The molecule has 0 saturated carbocycles. The van der Waals surface area contributed by atoms with E-state index >= 15 is 0 Å². The average Bonchev–Trinajstić information content (AvgIpc) is 2.62. The van der Waals surface area contributed by atoms with Crippen molar-refractivity contribution in [3.8, 4) is 0 Å². The van der Waals surface area contributed by atoms with Crippen LogP contribution in [0.4, 0.5) is 11.4 Å². The molecule has 0 saturated heterocycles. The number of nitro benzene ring substituents is 1. The lowest BCUT2D eigenvalue weighted by Crippen LogP contribution is -2.27. The number of carbonyl (C=O) groups excluding carboxylic acids is 1. The number of nitro groups is 1. The first-order chi connectivity index (χ1) is 12.1. The van der Waals surface area contributed by atoms with Crippen LogP contribution in [0.25, 0.3) is 0 Å². The van der Waals surface area contributed by atoms with Crippen LogP contribution in [0.2, 0.25) is 0 Å². The van der Waals surface area contributed by atoms with Crippen molar-refractivity contribution in [2.24, 2.45) is 0 Å². The molecule has 0 heterocycles. The molecular formula is C19H23N3O3. The molecule has 0 aliphatic heterocycles. The first kappa shape index (κ1) is 18.4. The van der Waals surface area contributed by atoms with Crippen LogP contribution < -0.4 is 10.2 Å². The van der Waals surface area contributed by atoms with E-state index in [1.165, 1.54) is 11.8 Å². The van der Waals surface area contributed by atoms with Crippen molar-refractivity contribution >= 4 is 17.3 Å². The smallest absolute Gasteiger partial charge is 0.273 e. The molecule has 6 nitrogen and oxygen atoms in total. The topological polar surface area (TPSA) is 75.5 Å². The molecule has 0 atom stereocenters. The molecule has 1 amide bonds. The van der Waals surface area contributed by atoms with E-state index in [1.807, 2.05) is 25.2 Å². The second kappa shape index (κ2) is 9.42. The van der Waals surface area contributed by atoms with Gasteiger partial charge in [0.25, 0.3) is 5.69 Å². The summed E-state index contributed by atoms with van der Waals surface area (Å²) in [5.41, 5.74) is 1.60. The molecule has 0 radical (unpaired) electrons. The van der Waals surface area contributed by atoms with Gasteiger partial charge in [-0.25, -0.2) is 0 Å². The van der Waals surface area contributed by atoms with Gasteiger partial charge in [-0.05, 0) is 25.0 Å². The summed E-state index contributed by atoms with van der Waals surface area (Å²) in [5, 5.41) is 13.8. The number of hydrogen-bond acceptors (Lipinski definition) is 4. The highest BCUT2D eigenvalue weighted by Crippen LogP contribution is 2.18. The number of unbranched alkanes of at least 4 members (excludes halogenated alkanes) is 1. The summed E-state index contributed by atoms with van der Waals surface area (Å²) in [4.78, 5) is 24.6. The van der Waals surface area contributed by atoms with E-state index in [2.05, 4.69) is 22.3 Å². The van der Waals surface area contributed by atoms with Gasteiger partial charge in [-0.2, -0.15) is 0 Å². The lowest BCUT2D eigenvalue weighted by Gasteiger charge is -2.19. The Labute approximate surface area is 147 Å². The minimum Gasteiger partial charge on any atom is -0.375 e. The Morgan fingerprint density at radius 3 is 2.48 bits per heavy atom. The van der Waals surface area contributed by atoms with Crippen molar-refractivity contribution in [2.45, 2.75) is 19.3 Å². The lowest BCUT2D eigenvalue weighted by atomic mass is 10.1. The molecule has 6 heteroatoms. The van der Waals surface area contributed by atoms with Gasteiger partial charge in [0.1, 0.15) is 0 Å². The predicted octanol–water partition coefficient (Wildman–Crippen LogP) is 3.17. The van der Waals surface area contributed by atoms with Crippen LogP contribution in [0.5, 0.6) is 0 Å². The lowest BCUT2D eigenvalue weighted by molar-refractivity contribution is -0.385. The summed E-state index contributed by atoms with van der Waals surface area (Å²) in [6.45, 7) is 1.48. The Kier molecular flexibility index (Phi) is 6.95. The number of anilines is 1. The Hall–Kier alpha value is -2.89. The molecule has 1 N–H and O–H groups in total. The summed E-state index contributed by atoms with van der Waals surface area (Å²) in [5.74, 6) is -0.189. The fraction of sp³-hybridized carbons (Fsp3) is 0.316. The summed E-state index contributed by atoms with van der Waals surface area (Å²) in [6.07, 6.45) is 1.85. The number of carbonyl (C=O) groups is 1. The van der Waals surface area contributed by atoms with Gasteiger partial charge >= 0.3 is 0 Å². The molecule has 132 valence electrons. The van der Waals surface area contributed by atoms with Crippen LogP contribution in [-0.4, -0.2) is 31.0 Å². The molecule has 0 unspecified atom stereocenters. The van der Waals surface area contributed by atoms with Gasteiger partial charge in [-0.3, -0.25) is 14.9 Å². The number of para-hydroxylation sites is 2. The van der Waals surface area contributed by atoms with Gasteiger partial charge in [-0.1, -0.05) is 36.4 Å². The second-order valence-corrected chi connectivity index (χ2v) is 5.88. The average molecular weight is 341 g/mol. The quantitative estimate of drug-likeness (QED) is 0.432. The molecule has 0 fully saturated rings. The van der Waals surface area contributed by atoms with E-state index in [1.54, 1.807) is 18.2 Å². The zero-order chi connectivity index (χ0) is 18.1. The molecule has 0 aliphatic rings. The minimum atomic E-state index is -0.456. The summed E-state index contributed by atoms with van der Waals surface area (Å²) < 4.78 is 0. The van der Waals surface area contributed by atoms with Gasteiger partial charge in [-0.15, -0.1) is 0 Å². The van der Waals surface area contributed by atoms with Gasteiger partial charge in [0, 0.05) is 37.5 Å². The third kappa shape index (κ3) is 5.91. The standard InChI is InChI=1S/C19H23N3O3/c1-21(17-10-3-2-4-11-17)14-8-7-13-20-19(23)15-16-9-5-6-12-18(16)22(24)25/h2-6,9-12H,7-8,13-15H2,1H3,(H,20,23). The first-order valence-corrected chi connectivity index (χ1v) is 8.33. The molecule has 2 aromatic rings. The van der Waals surface area contributed by atoms with E-state index in [-0.39, 0.29) is 18.0 Å². The van der Waals surface area contributed by atoms with Crippen LogP contribution in [0.15, 0.2) is 54.6 Å². The van der Waals surface area contributed by atoms with Crippen molar-refractivity contribution in [3.05, 3.63) is 70.3 Å². The Morgan fingerprint density at radius 1 is 1.08 bits per heavy atom. The predicted molar refractivity (Wildman–Crippen MR) is 98.8 cm³/mol. The van der Waals surface area contributed by atoms with E-state index in [0.29, 0.717) is 12.1 Å². The Bertz CT molecular complexity index is 704. The molecule has 0 bridgehead atoms. The van der Waals surface area contributed by atoms with Crippen LogP contribution >= 0.6 is 0 Å². The number of rotatable bonds is 9. The van der Waals surface area contributed by atoms with Crippen LogP contribution in [0.3, 0.4) is 0 Å². The van der Waals surface area contributed by atoms with Gasteiger partial charge in [0.2, 0.25) is 5.91 Å². The largest absolute Gasteiger partial charge is 0.375 e. The van der Waals surface area contributed by atoms with Crippen molar-refractivity contribution in [3.63, 3.8) is 0 Å². The zero-order valence-electron chi connectivity index (χ0n) is 14.4. The first-order valence-electron chi connectivity index (χ1n) is 8.33. The van der Waals surface area contributed by atoms with Crippen molar-refractivity contribution in [1.82, 2.24) is 5.32 Å². The molecule has 2 rings (SSSR count). The number of amides is 1. The number of nitrogens with zero attached hydrogens (tertiary/aromatic N) is 2. The Balaban J connectivity index is 1.68. The summed E-state index contributed by atoms with van der Waals surface area (Å²) in [6, 6.07) is 16.5. The normalized spacial score (nSPS) is 10.3. The van der Waals surface area contributed by atoms with Gasteiger partial charge in [0.15, 0.2) is 0 Å². The molecular weight excluding hydrogens is 318 g/mol. The van der Waals surface area contributed by atoms with E-state index < -0.39 is 4.92 Å². The molecule has 2 aromatic carbocycles. The number of benzene rings is 2.